The summed E-state index contributed by atoms with van der Waals surface area (Å²) in [5, 5.41) is 2.74. The first-order valence-electron chi connectivity index (χ1n) is 10.8. The van der Waals surface area contributed by atoms with Crippen LogP contribution in [0.5, 0.6) is 0 Å². The van der Waals surface area contributed by atoms with Gasteiger partial charge in [-0.3, -0.25) is 4.79 Å². The van der Waals surface area contributed by atoms with Gasteiger partial charge in [-0.25, -0.2) is 13.1 Å². The van der Waals surface area contributed by atoms with E-state index in [2.05, 4.69) is 24.1 Å². The molecule has 1 aliphatic rings. The van der Waals surface area contributed by atoms with Gasteiger partial charge in [0.15, 0.2) is 0 Å². The van der Waals surface area contributed by atoms with E-state index in [1.54, 1.807) is 0 Å². The van der Waals surface area contributed by atoms with Gasteiger partial charge in [0.2, 0.25) is 15.9 Å². The Morgan fingerprint density at radius 3 is 2.38 bits per heavy atom. The van der Waals surface area contributed by atoms with Gasteiger partial charge in [-0.1, -0.05) is 29.8 Å². The fourth-order valence-electron chi connectivity index (χ4n) is 3.91. The number of halogens is 4. The van der Waals surface area contributed by atoms with Crippen LogP contribution in [0.3, 0.4) is 0 Å². The van der Waals surface area contributed by atoms with Crippen LogP contribution < -0.4 is 10.0 Å². The van der Waals surface area contributed by atoms with E-state index in [0.717, 1.165) is 48.6 Å². The van der Waals surface area contributed by atoms with Crippen LogP contribution in [0.15, 0.2) is 47.4 Å². The lowest BCUT2D eigenvalue weighted by Crippen LogP contribution is -2.48. The summed E-state index contributed by atoms with van der Waals surface area (Å²) in [6, 6.07) is 8.30. The number of nitrogens with one attached hydrogen (secondary N) is 2. The van der Waals surface area contributed by atoms with E-state index in [-0.39, 0.29) is 21.0 Å². The molecule has 2 aromatic rings. The van der Waals surface area contributed by atoms with Gasteiger partial charge in [-0.15, -0.1) is 0 Å². The average Bonchev–Trinajstić information content (AvgIpc) is 2.76. The van der Waals surface area contributed by atoms with E-state index in [1.807, 2.05) is 0 Å². The van der Waals surface area contributed by atoms with Gasteiger partial charge in [0, 0.05) is 35.5 Å². The minimum absolute atomic E-state index is 0.00875. The predicted octanol–water partition coefficient (Wildman–Crippen LogP) is 3.91. The summed E-state index contributed by atoms with van der Waals surface area (Å²) in [6.45, 7) is 2.02. The molecule has 1 aliphatic heterocycles. The number of likely N-dealkylation sites (tertiary alicyclic amines) is 1. The van der Waals surface area contributed by atoms with Crippen LogP contribution in [0.4, 0.5) is 13.2 Å². The summed E-state index contributed by atoms with van der Waals surface area (Å²) in [7, 11) is 0.110. The van der Waals surface area contributed by atoms with Gasteiger partial charge in [-0.05, 0) is 30.2 Å². The molecule has 2 N–H and O–H groups in total. The lowest BCUT2D eigenvalue weighted by Gasteiger charge is -2.37. The second-order valence-corrected chi connectivity index (χ2v) is 11.3. The maximum atomic E-state index is 13.2. The van der Waals surface area contributed by atoms with Crippen molar-refractivity contribution in [1.29, 1.82) is 0 Å². The highest BCUT2D eigenvalue weighted by Gasteiger charge is 2.32. The first kappa shape index (κ1) is 26.5. The summed E-state index contributed by atoms with van der Waals surface area (Å²) < 4.78 is 68.6. The van der Waals surface area contributed by atoms with Crippen molar-refractivity contribution < 1.29 is 30.9 Å². The molecule has 0 spiro atoms. The number of carbonyl (C=O) groups excluding carboxylic acids is 1. The molecule has 0 unspecified atom stereocenters. The van der Waals surface area contributed by atoms with Gasteiger partial charge in [0.1, 0.15) is 0 Å². The van der Waals surface area contributed by atoms with E-state index in [4.69, 9.17) is 11.6 Å². The maximum Gasteiger partial charge on any atom is 0.416 e. The quantitative estimate of drug-likeness (QED) is 0.546. The Bertz CT molecular complexity index is 1140. The number of sulfonamides is 1. The Morgan fingerprint density at radius 2 is 1.74 bits per heavy atom. The fraction of sp³-hybridized carbons (Fsp3) is 0.435. The highest BCUT2D eigenvalue weighted by atomic mass is 35.5. The number of rotatable bonds is 7. The van der Waals surface area contributed by atoms with Gasteiger partial charge < -0.3 is 9.80 Å². The van der Waals surface area contributed by atoms with Crippen LogP contribution in [0.1, 0.15) is 18.4 Å². The molecule has 1 amide bonds. The summed E-state index contributed by atoms with van der Waals surface area (Å²) in [5.41, 5.74) is -1.01. The van der Waals surface area contributed by atoms with Gasteiger partial charge >= 0.3 is 6.18 Å². The molecule has 1 heterocycles. The SMILES string of the molecule is C[N+]1(C)CCC(CNC(=O)CNS(=O)(=O)c2ccccc2-c2cc(C(F)(F)F)ccc2Cl)CC1. The summed E-state index contributed by atoms with van der Waals surface area (Å²) in [5.74, 6) is -0.132. The molecule has 1 saturated heterocycles. The monoisotopic (exact) mass is 518 g/mol. The summed E-state index contributed by atoms with van der Waals surface area (Å²) in [6.07, 6.45) is -2.66. The summed E-state index contributed by atoms with van der Waals surface area (Å²) >= 11 is 6.12. The zero-order valence-electron chi connectivity index (χ0n) is 19.0. The maximum absolute atomic E-state index is 13.2. The molecular formula is C23H28ClF3N3O3S+. The molecule has 11 heteroatoms. The van der Waals surface area contributed by atoms with Crippen molar-refractivity contribution >= 4 is 27.5 Å². The van der Waals surface area contributed by atoms with Crippen molar-refractivity contribution in [2.45, 2.75) is 23.9 Å². The van der Waals surface area contributed by atoms with Gasteiger partial charge in [-0.2, -0.15) is 13.2 Å². The number of hydrogen-bond donors (Lipinski definition) is 2. The molecule has 186 valence electrons. The lowest BCUT2D eigenvalue weighted by atomic mass is 9.96. The predicted molar refractivity (Wildman–Crippen MR) is 125 cm³/mol. The second-order valence-electron chi connectivity index (χ2n) is 9.14. The number of hydrogen-bond acceptors (Lipinski definition) is 3. The molecule has 6 nitrogen and oxygen atoms in total. The van der Waals surface area contributed by atoms with E-state index in [0.29, 0.717) is 12.5 Å². The minimum atomic E-state index is -4.61. The van der Waals surface area contributed by atoms with Crippen molar-refractivity contribution in [3.63, 3.8) is 0 Å². The number of benzene rings is 2. The van der Waals surface area contributed by atoms with E-state index >= 15 is 0 Å². The van der Waals surface area contributed by atoms with E-state index in [1.165, 1.54) is 24.3 Å². The highest BCUT2D eigenvalue weighted by Crippen LogP contribution is 2.38. The van der Waals surface area contributed by atoms with Crippen LogP contribution in [0.2, 0.25) is 5.02 Å². The zero-order valence-corrected chi connectivity index (χ0v) is 20.5. The molecular weight excluding hydrogens is 491 g/mol. The Labute approximate surface area is 202 Å². The molecule has 0 bridgehead atoms. The van der Waals surface area contributed by atoms with E-state index in [9.17, 15) is 26.4 Å². The van der Waals surface area contributed by atoms with Crippen LogP contribution in [-0.2, 0) is 21.0 Å². The molecule has 3 rings (SSSR count). The Morgan fingerprint density at radius 1 is 1.09 bits per heavy atom. The van der Waals surface area contributed by atoms with Crippen LogP contribution in [0, 0.1) is 5.92 Å². The van der Waals surface area contributed by atoms with Crippen molar-refractivity contribution in [2.24, 2.45) is 5.92 Å². The third-order valence-electron chi connectivity index (χ3n) is 6.06. The normalized spacial score (nSPS) is 16.9. The fourth-order valence-corrected chi connectivity index (χ4v) is 5.34. The molecule has 34 heavy (non-hydrogen) atoms. The van der Waals surface area contributed by atoms with Crippen molar-refractivity contribution in [1.82, 2.24) is 10.0 Å². The van der Waals surface area contributed by atoms with Crippen molar-refractivity contribution in [3.8, 4) is 11.1 Å². The smallest absolute Gasteiger partial charge is 0.355 e. The number of carbonyl (C=O) groups is 1. The number of alkyl halides is 3. The molecule has 1 fully saturated rings. The number of nitrogens with zero attached hydrogens (tertiary/aromatic N) is 1. The van der Waals surface area contributed by atoms with Crippen molar-refractivity contribution in [2.75, 3.05) is 40.3 Å². The van der Waals surface area contributed by atoms with Crippen LogP contribution in [0.25, 0.3) is 11.1 Å². The Balaban J connectivity index is 1.70. The number of quaternary nitrogens is 1. The minimum Gasteiger partial charge on any atom is -0.355 e. The molecule has 0 aromatic heterocycles. The summed E-state index contributed by atoms with van der Waals surface area (Å²) in [4.78, 5) is 12.0. The molecule has 0 aliphatic carbocycles. The standard InChI is InChI=1S/C23H27ClF3N3O3S/c1-30(2)11-9-16(10-12-30)14-28-22(31)15-29-34(32,33)21-6-4-3-5-18(21)19-13-17(23(25,26)27)7-8-20(19)24/h3-8,13,16,29H,9-12,14-15H2,1-2H3/p+1. The van der Waals surface area contributed by atoms with Crippen LogP contribution >= 0.6 is 11.6 Å². The first-order chi connectivity index (χ1) is 15.8. The van der Waals surface area contributed by atoms with Gasteiger partial charge in [0.05, 0.1) is 44.2 Å². The molecule has 2 aromatic carbocycles. The second kappa shape index (κ2) is 10.2. The third-order valence-corrected chi connectivity index (χ3v) is 7.85. The highest BCUT2D eigenvalue weighted by molar-refractivity contribution is 7.89. The molecule has 0 saturated carbocycles. The van der Waals surface area contributed by atoms with Crippen LogP contribution in [-0.4, -0.2) is 59.1 Å². The number of amides is 1. The Hall–Kier alpha value is -2.14. The topological polar surface area (TPSA) is 75.3 Å². The molecule has 0 radical (unpaired) electrons. The average molecular weight is 519 g/mol. The Kier molecular flexibility index (Phi) is 7.96. The van der Waals surface area contributed by atoms with E-state index < -0.39 is 34.2 Å². The van der Waals surface area contributed by atoms with Crippen molar-refractivity contribution in [3.05, 3.63) is 53.1 Å². The zero-order chi connectivity index (χ0) is 25.1. The number of piperidine rings is 1. The van der Waals surface area contributed by atoms with Gasteiger partial charge in [0.25, 0.3) is 0 Å². The molecule has 0 atom stereocenters. The lowest BCUT2D eigenvalue weighted by molar-refractivity contribution is -0.896. The largest absolute Gasteiger partial charge is 0.416 e. The third kappa shape index (κ3) is 6.71. The first-order valence-corrected chi connectivity index (χ1v) is 12.7.